The number of ketones is 1. The van der Waals surface area contributed by atoms with Crippen molar-refractivity contribution in [2.75, 3.05) is 0 Å². The van der Waals surface area contributed by atoms with Crippen molar-refractivity contribution in [2.24, 2.45) is 0 Å². The van der Waals surface area contributed by atoms with Crippen LogP contribution in [-0.4, -0.2) is 10.8 Å². The van der Waals surface area contributed by atoms with E-state index in [1.807, 2.05) is 13.0 Å². The molecule has 3 rings (SSSR count). The Hall–Kier alpha value is -2.75. The molecule has 1 aromatic heterocycles. The molecule has 0 unspecified atom stereocenters. The van der Waals surface area contributed by atoms with Crippen molar-refractivity contribution in [3.05, 3.63) is 66.1 Å². The number of hydrogen-bond donors (Lipinski definition) is 0. The zero-order valence-electron chi connectivity index (χ0n) is 12.0. The monoisotopic (exact) mass is 295 g/mol. The normalized spacial score (nSPS) is 10.6. The SMILES string of the molecule is CCC(=O)c1cccc(-c2ncc(-c3ccc(F)cc3)o2)c1. The Labute approximate surface area is 127 Å². The molecular weight excluding hydrogens is 281 g/mol. The molecule has 0 aliphatic heterocycles. The van der Waals surface area contributed by atoms with Crippen molar-refractivity contribution < 1.29 is 13.6 Å². The topological polar surface area (TPSA) is 43.1 Å². The van der Waals surface area contributed by atoms with Gasteiger partial charge in [-0.25, -0.2) is 9.37 Å². The van der Waals surface area contributed by atoms with E-state index in [4.69, 9.17) is 4.42 Å². The highest BCUT2D eigenvalue weighted by molar-refractivity contribution is 5.96. The van der Waals surface area contributed by atoms with Crippen molar-refractivity contribution >= 4 is 5.78 Å². The van der Waals surface area contributed by atoms with Gasteiger partial charge in [0, 0.05) is 23.1 Å². The van der Waals surface area contributed by atoms with E-state index >= 15 is 0 Å². The first kappa shape index (κ1) is 14.2. The van der Waals surface area contributed by atoms with Crippen LogP contribution < -0.4 is 0 Å². The van der Waals surface area contributed by atoms with Gasteiger partial charge in [-0.15, -0.1) is 0 Å². The van der Waals surface area contributed by atoms with Crippen LogP contribution in [0.3, 0.4) is 0 Å². The lowest BCUT2D eigenvalue weighted by Crippen LogP contribution is -1.96. The van der Waals surface area contributed by atoms with Crippen LogP contribution in [0.5, 0.6) is 0 Å². The molecule has 0 aliphatic carbocycles. The molecule has 22 heavy (non-hydrogen) atoms. The van der Waals surface area contributed by atoms with Gasteiger partial charge in [0.05, 0.1) is 6.20 Å². The van der Waals surface area contributed by atoms with Crippen LogP contribution in [0.1, 0.15) is 23.7 Å². The van der Waals surface area contributed by atoms with Crippen LogP contribution in [0.15, 0.2) is 59.1 Å². The zero-order valence-corrected chi connectivity index (χ0v) is 12.0. The van der Waals surface area contributed by atoms with E-state index in [9.17, 15) is 9.18 Å². The van der Waals surface area contributed by atoms with Gasteiger partial charge in [-0.05, 0) is 36.4 Å². The maximum absolute atomic E-state index is 12.9. The van der Waals surface area contributed by atoms with Gasteiger partial charge in [0.1, 0.15) is 5.82 Å². The van der Waals surface area contributed by atoms with Gasteiger partial charge >= 0.3 is 0 Å². The maximum atomic E-state index is 12.9. The van der Waals surface area contributed by atoms with Crippen molar-refractivity contribution in [3.63, 3.8) is 0 Å². The number of Topliss-reactive ketones (excluding diaryl/α,β-unsaturated/α-hetero) is 1. The molecule has 3 nitrogen and oxygen atoms in total. The molecule has 0 fully saturated rings. The summed E-state index contributed by atoms with van der Waals surface area (Å²) in [6.07, 6.45) is 2.05. The predicted octanol–water partition coefficient (Wildman–Crippen LogP) is 4.74. The van der Waals surface area contributed by atoms with Gasteiger partial charge in [-0.3, -0.25) is 4.79 Å². The van der Waals surface area contributed by atoms with Crippen molar-refractivity contribution in [3.8, 4) is 22.8 Å². The molecule has 0 amide bonds. The third kappa shape index (κ3) is 2.81. The number of aromatic nitrogens is 1. The number of rotatable bonds is 4. The Morgan fingerprint density at radius 2 is 1.91 bits per heavy atom. The second-order valence-electron chi connectivity index (χ2n) is 4.89. The summed E-state index contributed by atoms with van der Waals surface area (Å²) < 4.78 is 18.7. The van der Waals surface area contributed by atoms with E-state index < -0.39 is 0 Å². The fraction of sp³-hybridized carbons (Fsp3) is 0.111. The first-order chi connectivity index (χ1) is 10.7. The number of carbonyl (C=O) groups is 1. The van der Waals surface area contributed by atoms with Crippen LogP contribution in [0.2, 0.25) is 0 Å². The van der Waals surface area contributed by atoms with E-state index in [-0.39, 0.29) is 11.6 Å². The Kier molecular flexibility index (Phi) is 3.83. The number of benzene rings is 2. The highest BCUT2D eigenvalue weighted by Crippen LogP contribution is 2.26. The van der Waals surface area contributed by atoms with Gasteiger partial charge < -0.3 is 4.42 Å². The summed E-state index contributed by atoms with van der Waals surface area (Å²) >= 11 is 0. The average Bonchev–Trinajstić information content (AvgIpc) is 3.05. The minimum absolute atomic E-state index is 0.0761. The molecule has 4 heteroatoms. The molecule has 2 aromatic carbocycles. The number of oxazole rings is 1. The molecule has 3 aromatic rings. The number of halogens is 1. The van der Waals surface area contributed by atoms with Gasteiger partial charge in [0.15, 0.2) is 11.5 Å². The third-order valence-electron chi connectivity index (χ3n) is 3.39. The fourth-order valence-corrected chi connectivity index (χ4v) is 2.18. The second-order valence-corrected chi connectivity index (χ2v) is 4.89. The smallest absolute Gasteiger partial charge is 0.226 e. The number of hydrogen-bond acceptors (Lipinski definition) is 3. The first-order valence-corrected chi connectivity index (χ1v) is 7.03. The van der Waals surface area contributed by atoms with Crippen LogP contribution in [-0.2, 0) is 0 Å². The molecule has 0 saturated carbocycles. The summed E-state index contributed by atoms with van der Waals surface area (Å²) in [7, 11) is 0. The minimum atomic E-state index is -0.297. The molecule has 0 radical (unpaired) electrons. The highest BCUT2D eigenvalue weighted by Gasteiger charge is 2.11. The molecular formula is C18H14FNO2. The first-order valence-electron chi connectivity index (χ1n) is 7.03. The maximum Gasteiger partial charge on any atom is 0.226 e. The van der Waals surface area contributed by atoms with E-state index in [2.05, 4.69) is 4.98 Å². The summed E-state index contributed by atoms with van der Waals surface area (Å²) in [6.45, 7) is 1.83. The quantitative estimate of drug-likeness (QED) is 0.653. The van der Waals surface area contributed by atoms with E-state index in [0.29, 0.717) is 23.6 Å². The number of carbonyl (C=O) groups excluding carboxylic acids is 1. The molecule has 0 atom stereocenters. The van der Waals surface area contributed by atoms with Crippen molar-refractivity contribution in [2.45, 2.75) is 13.3 Å². The van der Waals surface area contributed by atoms with Gasteiger partial charge in [-0.2, -0.15) is 0 Å². The van der Waals surface area contributed by atoms with E-state index in [1.54, 1.807) is 36.5 Å². The molecule has 0 saturated heterocycles. The molecule has 110 valence electrons. The number of nitrogens with zero attached hydrogens (tertiary/aromatic N) is 1. The fourth-order valence-electron chi connectivity index (χ4n) is 2.18. The Morgan fingerprint density at radius 3 is 2.64 bits per heavy atom. The minimum Gasteiger partial charge on any atom is -0.436 e. The third-order valence-corrected chi connectivity index (χ3v) is 3.39. The van der Waals surface area contributed by atoms with Crippen LogP contribution in [0, 0.1) is 5.82 Å². The lowest BCUT2D eigenvalue weighted by Gasteiger charge is -2.00. The summed E-state index contributed by atoms with van der Waals surface area (Å²) in [5.41, 5.74) is 2.13. The summed E-state index contributed by atoms with van der Waals surface area (Å²) in [6, 6.07) is 13.2. The molecule has 0 aliphatic rings. The Morgan fingerprint density at radius 1 is 1.14 bits per heavy atom. The standard InChI is InChI=1S/C18H14FNO2/c1-2-16(21)13-4-3-5-14(10-13)18-20-11-17(22-18)12-6-8-15(19)9-7-12/h3-11H,2H2,1H3. The summed E-state index contributed by atoms with van der Waals surface area (Å²) in [5.74, 6) is 0.772. The predicted molar refractivity (Wildman–Crippen MR) is 82.0 cm³/mol. The summed E-state index contributed by atoms with van der Waals surface area (Å²) in [5, 5.41) is 0. The van der Waals surface area contributed by atoms with Crippen molar-refractivity contribution in [1.29, 1.82) is 0 Å². The Balaban J connectivity index is 1.94. The molecule has 0 N–H and O–H groups in total. The van der Waals surface area contributed by atoms with Gasteiger partial charge in [0.2, 0.25) is 5.89 Å². The largest absolute Gasteiger partial charge is 0.436 e. The summed E-state index contributed by atoms with van der Waals surface area (Å²) in [4.78, 5) is 16.0. The lowest BCUT2D eigenvalue weighted by atomic mass is 10.1. The molecule has 1 heterocycles. The van der Waals surface area contributed by atoms with Gasteiger partial charge in [0.25, 0.3) is 0 Å². The van der Waals surface area contributed by atoms with Crippen LogP contribution in [0.25, 0.3) is 22.8 Å². The zero-order chi connectivity index (χ0) is 15.5. The lowest BCUT2D eigenvalue weighted by molar-refractivity contribution is 0.0988. The van der Waals surface area contributed by atoms with E-state index in [0.717, 1.165) is 11.1 Å². The molecule has 0 spiro atoms. The van der Waals surface area contributed by atoms with Gasteiger partial charge in [-0.1, -0.05) is 19.1 Å². The second kappa shape index (κ2) is 5.93. The highest BCUT2D eigenvalue weighted by atomic mass is 19.1. The van der Waals surface area contributed by atoms with Crippen LogP contribution >= 0.6 is 0 Å². The Bertz CT molecular complexity index is 806. The van der Waals surface area contributed by atoms with E-state index in [1.165, 1.54) is 12.1 Å². The van der Waals surface area contributed by atoms with Crippen molar-refractivity contribution in [1.82, 2.24) is 4.98 Å². The average molecular weight is 295 g/mol. The molecule has 0 bridgehead atoms. The van der Waals surface area contributed by atoms with Crippen LogP contribution in [0.4, 0.5) is 4.39 Å².